The fraction of sp³-hybridized carbons (Fsp3) is 0.700. The fourth-order valence-electron chi connectivity index (χ4n) is 1.78. The van der Waals surface area contributed by atoms with Crippen molar-refractivity contribution in [3.8, 4) is 0 Å². The van der Waals surface area contributed by atoms with E-state index in [0.29, 0.717) is 17.3 Å². The van der Waals surface area contributed by atoms with Crippen molar-refractivity contribution < 1.29 is 4.42 Å². The van der Waals surface area contributed by atoms with Gasteiger partial charge in [-0.05, 0) is 11.8 Å². The number of oxazole rings is 1. The molecule has 0 aliphatic carbocycles. The number of halogens is 1. The third kappa shape index (κ3) is 1.87. The number of aromatic nitrogens is 1. The molecule has 1 aliphatic heterocycles. The number of hydrogen-bond acceptors (Lipinski definition) is 3. The molecular weight excluding hydrogens is 200 g/mol. The summed E-state index contributed by atoms with van der Waals surface area (Å²) >= 11 is 5.66. The van der Waals surface area contributed by atoms with Crippen molar-refractivity contribution in [2.24, 2.45) is 5.41 Å². The zero-order chi connectivity index (χ0) is 10.2. The number of rotatable bonds is 2. The number of nitrogens with zero attached hydrogens (tertiary/aromatic N) is 2. The van der Waals surface area contributed by atoms with Crippen LogP contribution < -0.4 is 4.90 Å². The van der Waals surface area contributed by atoms with Crippen LogP contribution in [0.1, 0.15) is 26.0 Å². The lowest BCUT2D eigenvalue weighted by molar-refractivity contribution is 0.415. The molecule has 0 saturated carbocycles. The zero-order valence-corrected chi connectivity index (χ0v) is 9.34. The Labute approximate surface area is 89.1 Å². The van der Waals surface area contributed by atoms with Crippen LogP contribution in [0.4, 0.5) is 6.01 Å². The maximum absolute atomic E-state index is 5.66. The third-order valence-electron chi connectivity index (χ3n) is 2.62. The summed E-state index contributed by atoms with van der Waals surface area (Å²) in [5, 5.41) is 0. The van der Waals surface area contributed by atoms with Gasteiger partial charge in [-0.1, -0.05) is 13.8 Å². The van der Waals surface area contributed by atoms with Crippen molar-refractivity contribution in [3.63, 3.8) is 0 Å². The van der Waals surface area contributed by atoms with Gasteiger partial charge < -0.3 is 9.32 Å². The van der Waals surface area contributed by atoms with Crippen LogP contribution in [0, 0.1) is 5.41 Å². The molecule has 4 heteroatoms. The monoisotopic (exact) mass is 214 g/mol. The topological polar surface area (TPSA) is 29.3 Å². The second-order valence-corrected chi connectivity index (χ2v) is 4.86. The fourth-order valence-corrected chi connectivity index (χ4v) is 1.90. The lowest BCUT2D eigenvalue weighted by Crippen LogP contribution is -2.22. The molecule has 1 fully saturated rings. The van der Waals surface area contributed by atoms with Gasteiger partial charge in [-0.25, -0.2) is 0 Å². The Balaban J connectivity index is 2.09. The van der Waals surface area contributed by atoms with Crippen molar-refractivity contribution >= 4 is 17.6 Å². The predicted octanol–water partition coefficient (Wildman–Crippen LogP) is 2.65. The average Bonchev–Trinajstić information content (AvgIpc) is 2.70. The predicted molar refractivity (Wildman–Crippen MR) is 56.7 cm³/mol. The van der Waals surface area contributed by atoms with Crippen LogP contribution in [0.25, 0.3) is 0 Å². The second-order valence-electron chi connectivity index (χ2n) is 4.59. The Kier molecular flexibility index (Phi) is 2.43. The minimum Gasteiger partial charge on any atom is -0.432 e. The molecule has 0 amide bonds. The smallest absolute Gasteiger partial charge is 0.297 e. The molecule has 2 rings (SSSR count). The van der Waals surface area contributed by atoms with E-state index in [1.54, 1.807) is 6.26 Å². The first kappa shape index (κ1) is 9.84. The van der Waals surface area contributed by atoms with Crippen molar-refractivity contribution in [2.45, 2.75) is 26.1 Å². The normalized spacial score (nSPS) is 20.4. The summed E-state index contributed by atoms with van der Waals surface area (Å²) in [5.74, 6) is 0.417. The summed E-state index contributed by atoms with van der Waals surface area (Å²) in [5.41, 5.74) is 1.18. The molecule has 0 bridgehead atoms. The minimum atomic E-state index is 0.371. The molecule has 1 aromatic heterocycles. The Morgan fingerprint density at radius 2 is 2.43 bits per heavy atom. The Bertz CT molecular complexity index is 322. The van der Waals surface area contributed by atoms with Gasteiger partial charge in [0.25, 0.3) is 6.01 Å². The molecule has 14 heavy (non-hydrogen) atoms. The van der Waals surface area contributed by atoms with Gasteiger partial charge in [0.1, 0.15) is 6.26 Å². The molecule has 0 atom stereocenters. The Morgan fingerprint density at radius 3 is 2.93 bits per heavy atom. The molecule has 0 N–H and O–H groups in total. The Morgan fingerprint density at radius 1 is 1.64 bits per heavy atom. The van der Waals surface area contributed by atoms with Gasteiger partial charge in [0.05, 0.1) is 11.6 Å². The van der Waals surface area contributed by atoms with Crippen molar-refractivity contribution in [1.29, 1.82) is 0 Å². The van der Waals surface area contributed by atoms with Gasteiger partial charge in [-0.2, -0.15) is 4.98 Å². The molecule has 0 spiro atoms. The zero-order valence-electron chi connectivity index (χ0n) is 8.59. The highest BCUT2D eigenvalue weighted by atomic mass is 35.5. The molecule has 0 aromatic carbocycles. The molecule has 1 saturated heterocycles. The van der Waals surface area contributed by atoms with Crippen LogP contribution >= 0.6 is 11.6 Å². The molecular formula is C10H15ClN2O. The van der Waals surface area contributed by atoms with Crippen LogP contribution in [-0.4, -0.2) is 18.1 Å². The number of alkyl halides is 1. The van der Waals surface area contributed by atoms with Crippen LogP contribution in [-0.2, 0) is 5.88 Å². The quantitative estimate of drug-likeness (QED) is 0.709. The Hall–Kier alpha value is -0.700. The van der Waals surface area contributed by atoms with E-state index in [2.05, 4.69) is 23.7 Å². The number of anilines is 1. The van der Waals surface area contributed by atoms with E-state index >= 15 is 0 Å². The maximum atomic E-state index is 5.66. The van der Waals surface area contributed by atoms with Gasteiger partial charge >= 0.3 is 0 Å². The molecule has 3 nitrogen and oxygen atoms in total. The van der Waals surface area contributed by atoms with Crippen LogP contribution in [0.2, 0.25) is 0 Å². The van der Waals surface area contributed by atoms with E-state index in [4.69, 9.17) is 16.0 Å². The first-order valence-corrected chi connectivity index (χ1v) is 5.39. The standard InChI is InChI=1S/C10H15ClN2O/c1-10(2)3-4-13(7-10)9-12-8(5-11)6-14-9/h6H,3-5,7H2,1-2H3. The van der Waals surface area contributed by atoms with Gasteiger partial charge in [0.2, 0.25) is 0 Å². The van der Waals surface area contributed by atoms with Crippen molar-refractivity contribution in [3.05, 3.63) is 12.0 Å². The van der Waals surface area contributed by atoms with Gasteiger partial charge in [0.15, 0.2) is 0 Å². The minimum absolute atomic E-state index is 0.371. The van der Waals surface area contributed by atoms with Crippen molar-refractivity contribution in [2.75, 3.05) is 18.0 Å². The summed E-state index contributed by atoms with van der Waals surface area (Å²) in [6.07, 6.45) is 2.82. The van der Waals surface area contributed by atoms with E-state index in [-0.39, 0.29) is 0 Å². The molecule has 1 aromatic rings. The number of hydrogen-bond donors (Lipinski definition) is 0. The van der Waals surface area contributed by atoms with Crippen LogP contribution in [0.5, 0.6) is 0 Å². The lowest BCUT2D eigenvalue weighted by atomic mass is 9.93. The molecule has 1 aliphatic rings. The summed E-state index contributed by atoms with van der Waals surface area (Å²) in [6, 6.07) is 0.714. The highest BCUT2D eigenvalue weighted by Crippen LogP contribution is 2.31. The summed E-state index contributed by atoms with van der Waals surface area (Å²) in [7, 11) is 0. The van der Waals surface area contributed by atoms with Crippen molar-refractivity contribution in [1.82, 2.24) is 4.98 Å². The summed E-state index contributed by atoms with van der Waals surface area (Å²) in [4.78, 5) is 6.48. The van der Waals surface area contributed by atoms with E-state index < -0.39 is 0 Å². The van der Waals surface area contributed by atoms with Gasteiger partial charge in [0, 0.05) is 13.1 Å². The molecule has 78 valence electrons. The second kappa shape index (κ2) is 3.46. The maximum Gasteiger partial charge on any atom is 0.297 e. The van der Waals surface area contributed by atoms with Gasteiger partial charge in [-0.15, -0.1) is 11.6 Å². The van der Waals surface area contributed by atoms with E-state index in [0.717, 1.165) is 18.8 Å². The third-order valence-corrected chi connectivity index (χ3v) is 2.90. The first-order valence-electron chi connectivity index (χ1n) is 4.86. The molecule has 2 heterocycles. The van der Waals surface area contributed by atoms with Gasteiger partial charge in [-0.3, -0.25) is 0 Å². The van der Waals surface area contributed by atoms with E-state index in [9.17, 15) is 0 Å². The molecule has 0 radical (unpaired) electrons. The average molecular weight is 215 g/mol. The van der Waals surface area contributed by atoms with E-state index in [1.165, 1.54) is 6.42 Å². The summed E-state index contributed by atoms with van der Waals surface area (Å²) in [6.45, 7) is 6.56. The van der Waals surface area contributed by atoms with E-state index in [1.807, 2.05) is 0 Å². The van der Waals surface area contributed by atoms with Crippen LogP contribution in [0.3, 0.4) is 0 Å². The first-order chi connectivity index (χ1) is 6.61. The summed E-state index contributed by atoms with van der Waals surface area (Å²) < 4.78 is 5.36. The largest absolute Gasteiger partial charge is 0.432 e. The van der Waals surface area contributed by atoms with Crippen LogP contribution in [0.15, 0.2) is 10.7 Å². The highest BCUT2D eigenvalue weighted by molar-refractivity contribution is 6.16. The lowest BCUT2D eigenvalue weighted by Gasteiger charge is -2.17. The SMILES string of the molecule is CC1(C)CCN(c2nc(CCl)co2)C1. The highest BCUT2D eigenvalue weighted by Gasteiger charge is 2.31. The molecule has 0 unspecified atom stereocenters.